The molecule has 3 unspecified atom stereocenters. The van der Waals surface area contributed by atoms with Crippen molar-refractivity contribution in [3.63, 3.8) is 0 Å². The van der Waals surface area contributed by atoms with Crippen LogP contribution >= 0.6 is 11.8 Å². The Kier molecular flexibility index (Phi) is 5.42. The second-order valence-corrected chi connectivity index (χ2v) is 5.36. The topological polar surface area (TPSA) is 72.6 Å². The van der Waals surface area contributed by atoms with Gasteiger partial charge in [-0.25, -0.2) is 4.79 Å². The van der Waals surface area contributed by atoms with E-state index in [1.165, 1.54) is 0 Å². The summed E-state index contributed by atoms with van der Waals surface area (Å²) in [5.41, 5.74) is 5.45. The summed E-state index contributed by atoms with van der Waals surface area (Å²) in [6.45, 7) is 2.85. The first-order valence-electron chi connectivity index (χ1n) is 5.33. The molecule has 0 aromatic rings. The van der Waals surface area contributed by atoms with Gasteiger partial charge >= 0.3 is 5.97 Å². The number of hydrogen-bond donors (Lipinski definition) is 2. The van der Waals surface area contributed by atoms with Crippen molar-refractivity contribution in [1.29, 1.82) is 0 Å². The van der Waals surface area contributed by atoms with Crippen LogP contribution in [0.4, 0.5) is 0 Å². The van der Waals surface area contributed by atoms with Crippen LogP contribution in [0.1, 0.15) is 26.2 Å². The Morgan fingerprint density at radius 1 is 1.67 bits per heavy atom. The maximum Gasteiger partial charge on any atom is 0.332 e. The number of aliphatic carboxylic acids is 1. The van der Waals surface area contributed by atoms with Crippen molar-refractivity contribution < 1.29 is 14.6 Å². The van der Waals surface area contributed by atoms with Gasteiger partial charge in [0, 0.05) is 11.0 Å². The van der Waals surface area contributed by atoms with Crippen molar-refractivity contribution in [3.8, 4) is 0 Å². The van der Waals surface area contributed by atoms with E-state index in [-0.39, 0.29) is 6.10 Å². The van der Waals surface area contributed by atoms with Crippen LogP contribution in [-0.4, -0.2) is 40.8 Å². The van der Waals surface area contributed by atoms with Gasteiger partial charge in [-0.2, -0.15) is 11.8 Å². The molecule has 0 spiro atoms. The third-order valence-corrected chi connectivity index (χ3v) is 3.89. The first kappa shape index (κ1) is 12.8. The minimum Gasteiger partial charge on any atom is -0.479 e. The van der Waals surface area contributed by atoms with Gasteiger partial charge in [0.1, 0.15) is 0 Å². The minimum absolute atomic E-state index is 0.108. The smallest absolute Gasteiger partial charge is 0.332 e. The molecule has 1 saturated heterocycles. The van der Waals surface area contributed by atoms with E-state index in [4.69, 9.17) is 15.6 Å². The standard InChI is InChI=1S/C10H19NO3S/c1-7(4-5-11)15-6-8-2-3-9(14-8)10(12)13/h7-9H,2-6,11H2,1H3,(H,12,13). The summed E-state index contributed by atoms with van der Waals surface area (Å²) >= 11 is 1.81. The van der Waals surface area contributed by atoms with Crippen molar-refractivity contribution in [1.82, 2.24) is 0 Å². The van der Waals surface area contributed by atoms with Crippen molar-refractivity contribution >= 4 is 17.7 Å². The van der Waals surface area contributed by atoms with Crippen LogP contribution < -0.4 is 5.73 Å². The van der Waals surface area contributed by atoms with Crippen molar-refractivity contribution in [2.75, 3.05) is 12.3 Å². The number of rotatable bonds is 6. The zero-order chi connectivity index (χ0) is 11.3. The molecule has 0 aromatic heterocycles. The molecule has 88 valence electrons. The maximum absolute atomic E-state index is 10.6. The number of hydrogen-bond acceptors (Lipinski definition) is 4. The van der Waals surface area contributed by atoms with Crippen molar-refractivity contribution in [2.45, 2.75) is 43.6 Å². The van der Waals surface area contributed by atoms with Gasteiger partial charge in [0.2, 0.25) is 0 Å². The number of carbonyl (C=O) groups is 1. The van der Waals surface area contributed by atoms with Crippen LogP contribution in [-0.2, 0) is 9.53 Å². The molecule has 1 rings (SSSR count). The largest absolute Gasteiger partial charge is 0.479 e. The summed E-state index contributed by atoms with van der Waals surface area (Å²) in [5, 5.41) is 9.27. The summed E-state index contributed by atoms with van der Waals surface area (Å²) < 4.78 is 5.40. The molecule has 1 fully saturated rings. The molecule has 1 aliphatic rings. The van der Waals surface area contributed by atoms with E-state index in [1.807, 2.05) is 11.8 Å². The predicted octanol–water partition coefficient (Wildman–Crippen LogP) is 1.09. The molecule has 1 aliphatic heterocycles. The van der Waals surface area contributed by atoms with Crippen LogP contribution in [0.15, 0.2) is 0 Å². The van der Waals surface area contributed by atoms with Gasteiger partial charge in [-0.1, -0.05) is 6.92 Å². The lowest BCUT2D eigenvalue weighted by molar-refractivity contribution is -0.148. The van der Waals surface area contributed by atoms with Gasteiger partial charge in [0.15, 0.2) is 6.10 Å². The van der Waals surface area contributed by atoms with Gasteiger partial charge in [0.05, 0.1) is 6.10 Å². The zero-order valence-electron chi connectivity index (χ0n) is 9.02. The fraction of sp³-hybridized carbons (Fsp3) is 0.900. The predicted molar refractivity (Wildman–Crippen MR) is 61.1 cm³/mol. The van der Waals surface area contributed by atoms with Crippen LogP contribution in [0.25, 0.3) is 0 Å². The summed E-state index contributed by atoms with van der Waals surface area (Å²) in [4.78, 5) is 10.6. The molecule has 0 aliphatic carbocycles. The highest BCUT2D eigenvalue weighted by Crippen LogP contribution is 2.25. The molecule has 1 heterocycles. The van der Waals surface area contributed by atoms with Crippen molar-refractivity contribution in [3.05, 3.63) is 0 Å². The Bertz CT molecular complexity index is 213. The van der Waals surface area contributed by atoms with Gasteiger partial charge in [-0.3, -0.25) is 0 Å². The zero-order valence-corrected chi connectivity index (χ0v) is 9.83. The third kappa shape index (κ3) is 4.40. The molecule has 15 heavy (non-hydrogen) atoms. The Labute approximate surface area is 94.6 Å². The van der Waals surface area contributed by atoms with E-state index in [0.29, 0.717) is 18.2 Å². The lowest BCUT2D eigenvalue weighted by Gasteiger charge is -2.14. The second-order valence-electron chi connectivity index (χ2n) is 3.88. The summed E-state index contributed by atoms with van der Waals surface area (Å²) in [7, 11) is 0. The van der Waals surface area contributed by atoms with Crippen LogP contribution in [0.5, 0.6) is 0 Å². The summed E-state index contributed by atoms with van der Waals surface area (Å²) in [6.07, 6.45) is 2.03. The van der Waals surface area contributed by atoms with Crippen molar-refractivity contribution in [2.24, 2.45) is 5.73 Å². The Balaban J connectivity index is 2.16. The minimum atomic E-state index is -0.836. The Hall–Kier alpha value is -0.260. The Morgan fingerprint density at radius 3 is 2.93 bits per heavy atom. The lowest BCUT2D eigenvalue weighted by atomic mass is 10.2. The summed E-state index contributed by atoms with van der Waals surface area (Å²) in [6, 6.07) is 0. The highest BCUT2D eigenvalue weighted by molar-refractivity contribution is 7.99. The second kappa shape index (κ2) is 6.35. The lowest BCUT2D eigenvalue weighted by Crippen LogP contribution is -2.22. The molecule has 0 radical (unpaired) electrons. The van der Waals surface area contributed by atoms with E-state index in [0.717, 1.165) is 18.6 Å². The van der Waals surface area contributed by atoms with Gasteiger partial charge in [-0.05, 0) is 25.8 Å². The number of carboxylic acids is 1. The molecular weight excluding hydrogens is 214 g/mol. The van der Waals surface area contributed by atoms with E-state index in [9.17, 15) is 4.79 Å². The molecule has 0 saturated carbocycles. The van der Waals surface area contributed by atoms with E-state index >= 15 is 0 Å². The first-order valence-corrected chi connectivity index (χ1v) is 6.38. The number of ether oxygens (including phenoxy) is 1. The van der Waals surface area contributed by atoms with E-state index < -0.39 is 12.1 Å². The highest BCUT2D eigenvalue weighted by Gasteiger charge is 2.30. The molecule has 0 amide bonds. The van der Waals surface area contributed by atoms with E-state index in [2.05, 4.69) is 6.92 Å². The van der Waals surface area contributed by atoms with Gasteiger partial charge in [0.25, 0.3) is 0 Å². The van der Waals surface area contributed by atoms with Crippen LogP contribution in [0.3, 0.4) is 0 Å². The molecule has 0 bridgehead atoms. The highest BCUT2D eigenvalue weighted by atomic mass is 32.2. The number of thioether (sulfide) groups is 1. The monoisotopic (exact) mass is 233 g/mol. The number of nitrogens with two attached hydrogens (primary N) is 1. The number of carboxylic acid groups (broad SMARTS) is 1. The normalized spacial score (nSPS) is 27.9. The summed E-state index contributed by atoms with van der Waals surface area (Å²) in [5.74, 6) is 0.0443. The molecule has 3 atom stereocenters. The average Bonchev–Trinajstić information content (AvgIpc) is 2.63. The molecule has 5 heteroatoms. The molecule has 3 N–H and O–H groups in total. The molecule has 0 aromatic carbocycles. The fourth-order valence-corrected chi connectivity index (χ4v) is 2.69. The Morgan fingerprint density at radius 2 is 2.40 bits per heavy atom. The molecular formula is C10H19NO3S. The van der Waals surface area contributed by atoms with Crippen LogP contribution in [0.2, 0.25) is 0 Å². The van der Waals surface area contributed by atoms with Gasteiger partial charge in [-0.15, -0.1) is 0 Å². The van der Waals surface area contributed by atoms with Gasteiger partial charge < -0.3 is 15.6 Å². The van der Waals surface area contributed by atoms with E-state index in [1.54, 1.807) is 0 Å². The van der Waals surface area contributed by atoms with Crippen LogP contribution in [0, 0.1) is 0 Å². The molecule has 4 nitrogen and oxygen atoms in total. The fourth-order valence-electron chi connectivity index (χ4n) is 1.60. The maximum atomic E-state index is 10.6. The SMILES string of the molecule is CC(CCN)SCC1CCC(C(=O)O)O1. The average molecular weight is 233 g/mol. The quantitative estimate of drug-likeness (QED) is 0.718. The third-order valence-electron chi connectivity index (χ3n) is 2.52. The first-order chi connectivity index (χ1) is 7.13.